The molecule has 0 aromatic heterocycles. The highest BCUT2D eigenvalue weighted by molar-refractivity contribution is 7.99. The van der Waals surface area contributed by atoms with Crippen LogP contribution in [0.15, 0.2) is 18.2 Å². The van der Waals surface area contributed by atoms with Gasteiger partial charge < -0.3 is 10.2 Å². The second kappa shape index (κ2) is 3.50. The summed E-state index contributed by atoms with van der Waals surface area (Å²) in [4.78, 5) is 0. The van der Waals surface area contributed by atoms with Gasteiger partial charge in [0.05, 0.1) is 0 Å². The fraction of sp³-hybridized carbons (Fsp3) is 0.400. The molecule has 0 saturated carbocycles. The lowest BCUT2D eigenvalue weighted by atomic mass is 9.98. The second-order valence-corrected chi connectivity index (χ2v) is 4.45. The van der Waals surface area contributed by atoms with Crippen molar-refractivity contribution in [3.05, 3.63) is 23.8 Å². The Balaban J connectivity index is 2.29. The Morgan fingerprint density at radius 1 is 1.31 bits per heavy atom. The lowest BCUT2D eigenvalue weighted by Gasteiger charge is -2.10. The third-order valence-electron chi connectivity index (χ3n) is 2.38. The van der Waals surface area contributed by atoms with Crippen LogP contribution in [-0.4, -0.2) is 21.7 Å². The molecule has 70 valence electrons. The van der Waals surface area contributed by atoms with Gasteiger partial charge >= 0.3 is 0 Å². The molecule has 1 atom stereocenters. The zero-order valence-electron chi connectivity index (χ0n) is 7.23. The van der Waals surface area contributed by atoms with Crippen LogP contribution in [0, 0.1) is 0 Å². The molecule has 1 fully saturated rings. The standard InChI is InChI=1S/C10H12O2S/c11-8-1-2-9(10(12)5-8)7-3-4-13-6-7/h1-2,5,7,11-12H,3-4,6H2. The predicted octanol–water partition coefficient (Wildman–Crippen LogP) is 2.32. The van der Waals surface area contributed by atoms with Gasteiger partial charge in [0, 0.05) is 11.8 Å². The van der Waals surface area contributed by atoms with E-state index >= 15 is 0 Å². The molecule has 2 N–H and O–H groups in total. The van der Waals surface area contributed by atoms with Crippen LogP contribution in [0.2, 0.25) is 0 Å². The third-order valence-corrected chi connectivity index (χ3v) is 3.55. The molecule has 1 heterocycles. The number of hydrogen-bond acceptors (Lipinski definition) is 3. The summed E-state index contributed by atoms with van der Waals surface area (Å²) in [6.07, 6.45) is 1.13. The van der Waals surface area contributed by atoms with Gasteiger partial charge in [0.15, 0.2) is 0 Å². The first-order valence-electron chi connectivity index (χ1n) is 4.37. The Morgan fingerprint density at radius 2 is 2.15 bits per heavy atom. The van der Waals surface area contributed by atoms with Crippen LogP contribution in [0.25, 0.3) is 0 Å². The van der Waals surface area contributed by atoms with E-state index in [-0.39, 0.29) is 11.5 Å². The fourth-order valence-corrected chi connectivity index (χ4v) is 2.91. The summed E-state index contributed by atoms with van der Waals surface area (Å²) in [5, 5.41) is 18.7. The average Bonchev–Trinajstić information content (AvgIpc) is 2.56. The van der Waals surface area contributed by atoms with Gasteiger partial charge in [-0.2, -0.15) is 11.8 Å². The van der Waals surface area contributed by atoms with Crippen LogP contribution < -0.4 is 0 Å². The molecule has 13 heavy (non-hydrogen) atoms. The summed E-state index contributed by atoms with van der Waals surface area (Å²) >= 11 is 1.92. The quantitative estimate of drug-likeness (QED) is 0.724. The Morgan fingerprint density at radius 3 is 2.77 bits per heavy atom. The molecule has 1 aliphatic rings. The molecule has 0 radical (unpaired) electrons. The van der Waals surface area contributed by atoms with Crippen molar-refractivity contribution < 1.29 is 10.2 Å². The second-order valence-electron chi connectivity index (χ2n) is 3.30. The van der Waals surface area contributed by atoms with E-state index in [9.17, 15) is 5.11 Å². The van der Waals surface area contributed by atoms with Crippen LogP contribution >= 0.6 is 11.8 Å². The van der Waals surface area contributed by atoms with Gasteiger partial charge in [0.1, 0.15) is 11.5 Å². The number of rotatable bonds is 1. The van der Waals surface area contributed by atoms with E-state index in [1.807, 2.05) is 17.8 Å². The summed E-state index contributed by atoms with van der Waals surface area (Å²) in [5.41, 5.74) is 0.975. The summed E-state index contributed by atoms with van der Waals surface area (Å²) in [6.45, 7) is 0. The van der Waals surface area contributed by atoms with Gasteiger partial charge in [0.2, 0.25) is 0 Å². The first-order chi connectivity index (χ1) is 6.27. The lowest BCUT2D eigenvalue weighted by molar-refractivity contribution is 0.443. The maximum absolute atomic E-state index is 9.58. The summed E-state index contributed by atoms with van der Waals surface area (Å²) in [6, 6.07) is 4.87. The molecule has 3 heteroatoms. The van der Waals surface area contributed by atoms with E-state index < -0.39 is 0 Å². The Hall–Kier alpha value is -0.830. The van der Waals surface area contributed by atoms with Crippen LogP contribution in [-0.2, 0) is 0 Å². The first kappa shape index (κ1) is 8.75. The van der Waals surface area contributed by atoms with Crippen molar-refractivity contribution in [2.24, 2.45) is 0 Å². The molecule has 0 aliphatic carbocycles. The van der Waals surface area contributed by atoms with E-state index in [2.05, 4.69) is 0 Å². The number of hydrogen-bond donors (Lipinski definition) is 2. The maximum atomic E-state index is 9.58. The minimum Gasteiger partial charge on any atom is -0.508 e. The number of phenolic OH excluding ortho intramolecular Hbond substituents is 2. The highest BCUT2D eigenvalue weighted by Crippen LogP contribution is 2.37. The van der Waals surface area contributed by atoms with Gasteiger partial charge in [-0.1, -0.05) is 6.07 Å². The van der Waals surface area contributed by atoms with E-state index in [0.29, 0.717) is 5.92 Å². The highest BCUT2D eigenvalue weighted by atomic mass is 32.2. The van der Waals surface area contributed by atoms with E-state index in [0.717, 1.165) is 17.7 Å². The van der Waals surface area contributed by atoms with Crippen LogP contribution in [0.4, 0.5) is 0 Å². The molecule has 2 rings (SSSR count). The van der Waals surface area contributed by atoms with Crippen molar-refractivity contribution in [1.29, 1.82) is 0 Å². The number of benzene rings is 1. The van der Waals surface area contributed by atoms with Gasteiger partial charge in [0.25, 0.3) is 0 Å². The van der Waals surface area contributed by atoms with Crippen molar-refractivity contribution in [3.8, 4) is 11.5 Å². The van der Waals surface area contributed by atoms with E-state index in [1.54, 1.807) is 6.07 Å². The van der Waals surface area contributed by atoms with Crippen molar-refractivity contribution in [1.82, 2.24) is 0 Å². The lowest BCUT2D eigenvalue weighted by Crippen LogP contribution is -1.95. The molecule has 1 aromatic carbocycles. The molecule has 0 spiro atoms. The van der Waals surface area contributed by atoms with Gasteiger partial charge in [-0.05, 0) is 29.7 Å². The molecular formula is C10H12O2S. The molecule has 1 aromatic rings. The molecule has 0 amide bonds. The molecule has 1 aliphatic heterocycles. The zero-order chi connectivity index (χ0) is 9.26. The van der Waals surface area contributed by atoms with Crippen LogP contribution in [0.1, 0.15) is 17.9 Å². The van der Waals surface area contributed by atoms with Crippen molar-refractivity contribution in [2.75, 3.05) is 11.5 Å². The minimum atomic E-state index is 0.131. The number of thioether (sulfide) groups is 1. The SMILES string of the molecule is Oc1ccc(C2CCSC2)c(O)c1. The summed E-state index contributed by atoms with van der Waals surface area (Å²) in [7, 11) is 0. The summed E-state index contributed by atoms with van der Waals surface area (Å²) in [5.74, 6) is 3.08. The van der Waals surface area contributed by atoms with E-state index in [4.69, 9.17) is 5.11 Å². The third kappa shape index (κ3) is 1.75. The predicted molar refractivity (Wildman–Crippen MR) is 54.5 cm³/mol. The Bertz CT molecular complexity index is 306. The minimum absolute atomic E-state index is 0.131. The number of phenols is 2. The zero-order valence-corrected chi connectivity index (χ0v) is 8.05. The Labute approximate surface area is 81.6 Å². The number of aromatic hydroxyl groups is 2. The van der Waals surface area contributed by atoms with Gasteiger partial charge in [-0.25, -0.2) is 0 Å². The molecular weight excluding hydrogens is 184 g/mol. The molecule has 2 nitrogen and oxygen atoms in total. The topological polar surface area (TPSA) is 40.5 Å². The van der Waals surface area contributed by atoms with E-state index in [1.165, 1.54) is 11.8 Å². The normalized spacial score (nSPS) is 22.0. The van der Waals surface area contributed by atoms with Crippen molar-refractivity contribution >= 4 is 11.8 Å². The molecule has 1 unspecified atom stereocenters. The largest absolute Gasteiger partial charge is 0.508 e. The molecule has 0 bridgehead atoms. The monoisotopic (exact) mass is 196 g/mol. The highest BCUT2D eigenvalue weighted by Gasteiger charge is 2.20. The maximum Gasteiger partial charge on any atom is 0.122 e. The smallest absolute Gasteiger partial charge is 0.122 e. The van der Waals surface area contributed by atoms with Gasteiger partial charge in [-0.3, -0.25) is 0 Å². The summed E-state index contributed by atoms with van der Waals surface area (Å²) < 4.78 is 0. The van der Waals surface area contributed by atoms with Gasteiger partial charge in [-0.15, -0.1) is 0 Å². The van der Waals surface area contributed by atoms with Crippen molar-refractivity contribution in [3.63, 3.8) is 0 Å². The molecule has 1 saturated heterocycles. The first-order valence-corrected chi connectivity index (χ1v) is 5.52. The van der Waals surface area contributed by atoms with Crippen LogP contribution in [0.3, 0.4) is 0 Å². The Kier molecular flexibility index (Phi) is 2.36. The van der Waals surface area contributed by atoms with Crippen LogP contribution in [0.5, 0.6) is 11.5 Å². The van der Waals surface area contributed by atoms with Crippen molar-refractivity contribution in [2.45, 2.75) is 12.3 Å². The fourth-order valence-electron chi connectivity index (χ4n) is 1.66. The average molecular weight is 196 g/mol.